The van der Waals surface area contributed by atoms with Gasteiger partial charge >= 0.3 is 0 Å². The Bertz CT molecular complexity index is 1140. The van der Waals surface area contributed by atoms with Gasteiger partial charge in [0, 0.05) is 49.3 Å². The van der Waals surface area contributed by atoms with Gasteiger partial charge < -0.3 is 19.9 Å². The highest BCUT2D eigenvalue weighted by Crippen LogP contribution is 2.39. The summed E-state index contributed by atoms with van der Waals surface area (Å²) in [5, 5.41) is 3.82. The predicted octanol–water partition coefficient (Wildman–Crippen LogP) is 3.93. The second-order valence-corrected chi connectivity index (χ2v) is 8.98. The van der Waals surface area contributed by atoms with Gasteiger partial charge in [-0.15, -0.1) is 0 Å². The molecule has 2 aliphatic heterocycles. The van der Waals surface area contributed by atoms with Gasteiger partial charge in [-0.3, -0.25) is 9.78 Å². The zero-order chi connectivity index (χ0) is 22.8. The molecule has 0 bridgehead atoms. The fourth-order valence-corrected chi connectivity index (χ4v) is 5.18. The molecule has 0 radical (unpaired) electrons. The molecule has 2 atom stereocenters. The number of carbonyl (C=O) groups is 1. The summed E-state index contributed by atoms with van der Waals surface area (Å²) in [6, 6.07) is 18.0. The normalized spacial score (nSPS) is 19.5. The number of benzene rings is 2. The third-order valence-corrected chi connectivity index (χ3v) is 6.87. The van der Waals surface area contributed by atoms with Crippen molar-refractivity contribution in [1.82, 2.24) is 10.3 Å². The van der Waals surface area contributed by atoms with Crippen LogP contribution in [0.1, 0.15) is 11.1 Å². The Morgan fingerprint density at radius 1 is 1.15 bits per heavy atom. The molecule has 3 heterocycles. The minimum atomic E-state index is -0.162. The van der Waals surface area contributed by atoms with Gasteiger partial charge in [0.1, 0.15) is 5.75 Å². The summed E-state index contributed by atoms with van der Waals surface area (Å²) in [6.07, 6.45) is 4.25. The van der Waals surface area contributed by atoms with Crippen LogP contribution in [-0.2, 0) is 17.8 Å². The second-order valence-electron chi connectivity index (χ2n) is 8.54. The Hall–Kier alpha value is -3.25. The zero-order valence-corrected chi connectivity index (χ0v) is 19.3. The van der Waals surface area contributed by atoms with E-state index < -0.39 is 0 Å². The van der Waals surface area contributed by atoms with Gasteiger partial charge in [0.2, 0.25) is 5.91 Å². The van der Waals surface area contributed by atoms with Gasteiger partial charge in [-0.1, -0.05) is 35.9 Å². The summed E-state index contributed by atoms with van der Waals surface area (Å²) < 4.78 is 5.61. The number of pyridine rings is 1. The highest BCUT2D eigenvalue weighted by Gasteiger charge is 2.41. The second kappa shape index (κ2) is 9.32. The summed E-state index contributed by atoms with van der Waals surface area (Å²) in [5.41, 5.74) is 4.42. The smallest absolute Gasteiger partial charge is 0.225 e. The molecule has 1 fully saturated rings. The Balaban J connectivity index is 1.42. The predicted molar refractivity (Wildman–Crippen MR) is 131 cm³/mol. The number of hydrogen-bond acceptors (Lipinski definition) is 5. The first-order valence-corrected chi connectivity index (χ1v) is 11.6. The van der Waals surface area contributed by atoms with Crippen molar-refractivity contribution >= 4 is 28.9 Å². The maximum absolute atomic E-state index is 13.4. The zero-order valence-electron chi connectivity index (χ0n) is 18.6. The van der Waals surface area contributed by atoms with Gasteiger partial charge in [-0.05, 0) is 47.9 Å². The number of rotatable bonds is 5. The number of piperazine rings is 1. The molecule has 1 amide bonds. The van der Waals surface area contributed by atoms with E-state index in [9.17, 15) is 4.79 Å². The lowest BCUT2D eigenvalue weighted by atomic mass is 9.83. The highest BCUT2D eigenvalue weighted by molar-refractivity contribution is 6.31. The van der Waals surface area contributed by atoms with Crippen LogP contribution >= 0.6 is 11.6 Å². The topological polar surface area (TPSA) is 57.7 Å². The molecule has 1 N–H and O–H groups in total. The van der Waals surface area contributed by atoms with Crippen molar-refractivity contribution in [3.05, 3.63) is 83.1 Å². The minimum absolute atomic E-state index is 0.0474. The quantitative estimate of drug-likeness (QED) is 0.622. The highest BCUT2D eigenvalue weighted by atomic mass is 35.5. The summed E-state index contributed by atoms with van der Waals surface area (Å²) in [5.74, 6) is 0.703. The molecular formula is C26H27ClN4O2. The standard InChI is InChI=1S/C26H27ClN4O2/c1-33-25-9-8-20(27)14-23(25)30-11-12-31-22-7-3-2-6-19(22)13-21(24(31)17-30)26(32)29-16-18-5-4-10-28-15-18/h2-10,14-15,21,24H,11-13,16-17H2,1H3,(H,29,32)/t21-,24+/m1/s1. The lowest BCUT2D eigenvalue weighted by Crippen LogP contribution is -2.61. The van der Waals surface area contributed by atoms with Crippen molar-refractivity contribution in [2.45, 2.75) is 19.0 Å². The minimum Gasteiger partial charge on any atom is -0.495 e. The maximum atomic E-state index is 13.4. The van der Waals surface area contributed by atoms with Crippen LogP contribution in [0.25, 0.3) is 0 Å². The molecule has 2 aliphatic rings. The lowest BCUT2D eigenvalue weighted by Gasteiger charge is -2.49. The number of nitrogens with one attached hydrogen (secondary N) is 1. The van der Waals surface area contributed by atoms with Crippen LogP contribution in [0.3, 0.4) is 0 Å². The average Bonchev–Trinajstić information content (AvgIpc) is 2.87. The third kappa shape index (κ3) is 4.35. The number of ether oxygens (including phenoxy) is 1. The lowest BCUT2D eigenvalue weighted by molar-refractivity contribution is -0.126. The molecule has 33 heavy (non-hydrogen) atoms. The SMILES string of the molecule is COc1ccc(Cl)cc1N1CCN2c3ccccc3C[C@@H](C(=O)NCc3cccnc3)[C@@H]2C1. The van der Waals surface area contributed by atoms with Gasteiger partial charge in [-0.25, -0.2) is 0 Å². The van der Waals surface area contributed by atoms with E-state index >= 15 is 0 Å². The number of carbonyl (C=O) groups excluding carboxylic acids is 1. The molecule has 2 aromatic carbocycles. The number of para-hydroxylation sites is 1. The van der Waals surface area contributed by atoms with Crippen molar-refractivity contribution in [3.63, 3.8) is 0 Å². The average molecular weight is 463 g/mol. The van der Waals surface area contributed by atoms with Crippen molar-refractivity contribution < 1.29 is 9.53 Å². The van der Waals surface area contributed by atoms with Crippen molar-refractivity contribution in [2.75, 3.05) is 36.5 Å². The monoisotopic (exact) mass is 462 g/mol. The van der Waals surface area contributed by atoms with Crippen LogP contribution in [-0.4, -0.2) is 43.7 Å². The Morgan fingerprint density at radius 3 is 2.85 bits per heavy atom. The summed E-state index contributed by atoms with van der Waals surface area (Å²) in [7, 11) is 1.68. The molecule has 1 aromatic heterocycles. The fraction of sp³-hybridized carbons (Fsp3) is 0.308. The number of anilines is 2. The van der Waals surface area contributed by atoms with E-state index in [1.807, 2.05) is 30.3 Å². The third-order valence-electron chi connectivity index (χ3n) is 6.63. The molecule has 0 spiro atoms. The number of methoxy groups -OCH3 is 1. The molecule has 5 rings (SSSR count). The molecule has 170 valence electrons. The van der Waals surface area contributed by atoms with Crippen molar-refractivity contribution in [1.29, 1.82) is 0 Å². The van der Waals surface area contributed by atoms with Crippen LogP contribution in [0.5, 0.6) is 5.75 Å². The first-order valence-electron chi connectivity index (χ1n) is 11.2. The van der Waals surface area contributed by atoms with Gasteiger partial charge in [-0.2, -0.15) is 0 Å². The van der Waals surface area contributed by atoms with Crippen LogP contribution in [0.15, 0.2) is 67.0 Å². The summed E-state index contributed by atoms with van der Waals surface area (Å²) >= 11 is 6.31. The molecule has 7 heteroatoms. The number of amides is 1. The van der Waals surface area contributed by atoms with Crippen LogP contribution in [0.4, 0.5) is 11.4 Å². The number of fused-ring (bicyclic) bond motifs is 3. The molecule has 0 aliphatic carbocycles. The van der Waals surface area contributed by atoms with E-state index in [1.54, 1.807) is 19.5 Å². The molecule has 6 nitrogen and oxygen atoms in total. The Labute approximate surface area is 199 Å². The van der Waals surface area contributed by atoms with Gasteiger partial charge in [0.05, 0.1) is 24.8 Å². The number of hydrogen-bond donors (Lipinski definition) is 1. The molecule has 0 saturated carbocycles. The number of halogens is 1. The number of nitrogens with zero attached hydrogens (tertiary/aromatic N) is 3. The van der Waals surface area contributed by atoms with E-state index in [4.69, 9.17) is 16.3 Å². The van der Waals surface area contributed by atoms with Crippen molar-refractivity contribution in [3.8, 4) is 5.75 Å². The first kappa shape index (κ1) is 21.6. The van der Waals surface area contributed by atoms with Crippen LogP contribution < -0.4 is 19.9 Å². The van der Waals surface area contributed by atoms with E-state index in [0.29, 0.717) is 11.6 Å². The summed E-state index contributed by atoms with van der Waals surface area (Å²) in [4.78, 5) is 22.3. The molecule has 3 aromatic rings. The molecule has 1 saturated heterocycles. The van der Waals surface area contributed by atoms with E-state index in [2.05, 4.69) is 44.4 Å². The van der Waals surface area contributed by atoms with E-state index in [0.717, 1.165) is 43.1 Å². The van der Waals surface area contributed by atoms with E-state index in [1.165, 1.54) is 11.3 Å². The van der Waals surface area contributed by atoms with Crippen molar-refractivity contribution in [2.24, 2.45) is 5.92 Å². The Morgan fingerprint density at radius 2 is 2.03 bits per heavy atom. The fourth-order valence-electron chi connectivity index (χ4n) is 5.01. The first-order chi connectivity index (χ1) is 16.1. The molecule has 0 unspecified atom stereocenters. The largest absolute Gasteiger partial charge is 0.495 e. The van der Waals surface area contributed by atoms with Crippen LogP contribution in [0.2, 0.25) is 5.02 Å². The van der Waals surface area contributed by atoms with Gasteiger partial charge in [0.15, 0.2) is 0 Å². The van der Waals surface area contributed by atoms with E-state index in [-0.39, 0.29) is 17.9 Å². The molecular weight excluding hydrogens is 436 g/mol. The maximum Gasteiger partial charge on any atom is 0.225 e. The Kier molecular flexibility index (Phi) is 6.09. The van der Waals surface area contributed by atoms with Gasteiger partial charge in [0.25, 0.3) is 0 Å². The summed E-state index contributed by atoms with van der Waals surface area (Å²) in [6.45, 7) is 2.84. The number of aromatic nitrogens is 1. The van der Waals surface area contributed by atoms with Crippen LogP contribution in [0, 0.1) is 5.92 Å².